The first-order valence-electron chi connectivity index (χ1n) is 7.29. The summed E-state index contributed by atoms with van der Waals surface area (Å²) in [4.78, 5) is 0. The highest BCUT2D eigenvalue weighted by atomic mass is 19.1. The summed E-state index contributed by atoms with van der Waals surface area (Å²) in [5.74, 6) is 0.702. The molecule has 0 spiro atoms. The van der Waals surface area contributed by atoms with Crippen molar-refractivity contribution in [2.45, 2.75) is 39.5 Å². The maximum Gasteiger partial charge on any atom is 0.124 e. The fourth-order valence-electron chi connectivity index (χ4n) is 2.15. The first-order chi connectivity index (χ1) is 10.1. The first kappa shape index (κ1) is 15.5. The summed E-state index contributed by atoms with van der Waals surface area (Å²) >= 11 is 0. The molecule has 2 aromatic carbocycles. The van der Waals surface area contributed by atoms with Crippen LogP contribution in [0.25, 0.3) is 0 Å². The summed E-state index contributed by atoms with van der Waals surface area (Å²) in [5, 5.41) is 3.45. The van der Waals surface area contributed by atoms with Crippen molar-refractivity contribution in [2.24, 2.45) is 0 Å². The first-order valence-corrected chi connectivity index (χ1v) is 7.29. The van der Waals surface area contributed by atoms with Gasteiger partial charge < -0.3 is 10.1 Å². The van der Waals surface area contributed by atoms with Crippen LogP contribution in [0.1, 0.15) is 37.9 Å². The Morgan fingerprint density at radius 1 is 1.00 bits per heavy atom. The van der Waals surface area contributed by atoms with Crippen LogP contribution in [-0.4, -0.2) is 6.10 Å². The fourth-order valence-corrected chi connectivity index (χ4v) is 2.15. The van der Waals surface area contributed by atoms with Crippen LogP contribution < -0.4 is 10.1 Å². The van der Waals surface area contributed by atoms with Crippen molar-refractivity contribution in [1.29, 1.82) is 0 Å². The van der Waals surface area contributed by atoms with E-state index in [4.69, 9.17) is 4.74 Å². The Labute approximate surface area is 126 Å². The minimum atomic E-state index is -0.207. The van der Waals surface area contributed by atoms with Gasteiger partial charge in [0.2, 0.25) is 0 Å². The Morgan fingerprint density at radius 3 is 2.33 bits per heavy atom. The van der Waals surface area contributed by atoms with Gasteiger partial charge in [0.15, 0.2) is 0 Å². The van der Waals surface area contributed by atoms with Crippen LogP contribution in [0.4, 0.5) is 4.39 Å². The highest BCUT2D eigenvalue weighted by Crippen LogP contribution is 2.21. The van der Waals surface area contributed by atoms with Gasteiger partial charge in [-0.1, -0.05) is 30.3 Å². The number of rotatable bonds is 6. The normalized spacial score (nSPS) is 12.4. The topological polar surface area (TPSA) is 21.3 Å². The fraction of sp³-hybridized carbons (Fsp3) is 0.333. The van der Waals surface area contributed by atoms with E-state index in [0.717, 1.165) is 16.9 Å². The van der Waals surface area contributed by atoms with Gasteiger partial charge in [0.05, 0.1) is 6.10 Å². The van der Waals surface area contributed by atoms with Crippen molar-refractivity contribution in [3.05, 3.63) is 65.5 Å². The van der Waals surface area contributed by atoms with Crippen LogP contribution in [0, 0.1) is 5.82 Å². The van der Waals surface area contributed by atoms with E-state index in [9.17, 15) is 4.39 Å². The van der Waals surface area contributed by atoms with E-state index < -0.39 is 0 Å². The lowest BCUT2D eigenvalue weighted by molar-refractivity contribution is 0.239. The lowest BCUT2D eigenvalue weighted by atomic mass is 10.1. The molecule has 0 aliphatic rings. The van der Waals surface area contributed by atoms with E-state index in [1.165, 1.54) is 12.1 Å². The van der Waals surface area contributed by atoms with Gasteiger partial charge in [0, 0.05) is 18.2 Å². The number of nitrogens with one attached hydrogen (secondary N) is 1. The van der Waals surface area contributed by atoms with Crippen LogP contribution in [0.2, 0.25) is 0 Å². The van der Waals surface area contributed by atoms with E-state index in [0.29, 0.717) is 6.54 Å². The molecule has 0 heterocycles. The Morgan fingerprint density at radius 2 is 1.67 bits per heavy atom. The van der Waals surface area contributed by atoms with Crippen LogP contribution in [0.3, 0.4) is 0 Å². The third-order valence-corrected chi connectivity index (χ3v) is 3.30. The highest BCUT2D eigenvalue weighted by Gasteiger charge is 2.08. The molecular weight excluding hydrogens is 265 g/mol. The van der Waals surface area contributed by atoms with E-state index in [1.54, 1.807) is 0 Å². The standard InChI is InChI=1S/C18H22FNO/c1-13(2)21-18-7-5-4-6-16(18)12-20-14(3)15-8-10-17(19)11-9-15/h4-11,13-14,20H,12H2,1-3H3/t14-/m1/s1. The van der Waals surface area contributed by atoms with Gasteiger partial charge in [0.1, 0.15) is 11.6 Å². The van der Waals surface area contributed by atoms with Gasteiger partial charge in [-0.15, -0.1) is 0 Å². The van der Waals surface area contributed by atoms with Gasteiger partial charge in [0.25, 0.3) is 0 Å². The zero-order chi connectivity index (χ0) is 15.2. The molecule has 0 saturated carbocycles. The van der Waals surface area contributed by atoms with E-state index in [1.807, 2.05) is 44.2 Å². The molecule has 21 heavy (non-hydrogen) atoms. The summed E-state index contributed by atoms with van der Waals surface area (Å²) < 4.78 is 18.7. The molecule has 0 saturated heterocycles. The Balaban J connectivity index is 2.01. The maximum atomic E-state index is 12.9. The zero-order valence-corrected chi connectivity index (χ0v) is 12.8. The number of hydrogen-bond acceptors (Lipinski definition) is 2. The van der Waals surface area contributed by atoms with Crippen molar-refractivity contribution in [1.82, 2.24) is 5.32 Å². The molecule has 0 bridgehead atoms. The van der Waals surface area contributed by atoms with Gasteiger partial charge in [-0.05, 0) is 44.5 Å². The summed E-state index contributed by atoms with van der Waals surface area (Å²) in [5.41, 5.74) is 2.19. The van der Waals surface area contributed by atoms with E-state index >= 15 is 0 Å². The Bertz CT molecular complexity index is 566. The summed E-state index contributed by atoms with van der Waals surface area (Å²) in [6.45, 7) is 6.82. The highest BCUT2D eigenvalue weighted by molar-refractivity contribution is 5.33. The second-order valence-electron chi connectivity index (χ2n) is 5.43. The minimum Gasteiger partial charge on any atom is -0.491 e. The average molecular weight is 287 g/mol. The lowest BCUT2D eigenvalue weighted by Crippen LogP contribution is -2.19. The molecule has 0 fully saturated rings. The molecule has 2 aromatic rings. The largest absolute Gasteiger partial charge is 0.491 e. The van der Waals surface area contributed by atoms with Crippen molar-refractivity contribution in [3.8, 4) is 5.75 Å². The van der Waals surface area contributed by atoms with Crippen LogP contribution >= 0.6 is 0 Å². The van der Waals surface area contributed by atoms with Crippen LogP contribution in [-0.2, 0) is 6.54 Å². The molecule has 112 valence electrons. The van der Waals surface area contributed by atoms with Crippen LogP contribution in [0.15, 0.2) is 48.5 Å². The Hall–Kier alpha value is -1.87. The van der Waals surface area contributed by atoms with Crippen molar-refractivity contribution >= 4 is 0 Å². The smallest absolute Gasteiger partial charge is 0.124 e. The molecule has 0 aliphatic heterocycles. The Kier molecular flexibility index (Phi) is 5.34. The summed E-state index contributed by atoms with van der Waals surface area (Å²) in [7, 11) is 0. The number of halogens is 1. The molecule has 2 rings (SSSR count). The average Bonchev–Trinajstić information content (AvgIpc) is 2.46. The number of ether oxygens (including phenoxy) is 1. The number of benzene rings is 2. The molecule has 0 unspecified atom stereocenters. The van der Waals surface area contributed by atoms with E-state index in [-0.39, 0.29) is 18.0 Å². The molecule has 0 amide bonds. The number of hydrogen-bond donors (Lipinski definition) is 1. The second-order valence-corrected chi connectivity index (χ2v) is 5.43. The van der Waals surface area contributed by atoms with Gasteiger partial charge in [-0.25, -0.2) is 4.39 Å². The summed E-state index contributed by atoms with van der Waals surface area (Å²) in [6, 6.07) is 14.8. The molecule has 0 aliphatic carbocycles. The summed E-state index contributed by atoms with van der Waals surface area (Å²) in [6.07, 6.45) is 0.153. The molecular formula is C18H22FNO. The molecule has 1 N–H and O–H groups in total. The molecule has 0 aromatic heterocycles. The predicted octanol–water partition coefficient (Wildman–Crippen LogP) is 4.46. The molecule has 2 nitrogen and oxygen atoms in total. The second kappa shape index (κ2) is 7.23. The molecule has 0 radical (unpaired) electrons. The van der Waals surface area contributed by atoms with Crippen LogP contribution in [0.5, 0.6) is 5.75 Å². The predicted molar refractivity (Wildman–Crippen MR) is 83.9 cm³/mol. The van der Waals surface area contributed by atoms with Crippen molar-refractivity contribution in [2.75, 3.05) is 0 Å². The van der Waals surface area contributed by atoms with Gasteiger partial charge in [-0.3, -0.25) is 0 Å². The monoisotopic (exact) mass is 287 g/mol. The zero-order valence-electron chi connectivity index (χ0n) is 12.8. The quantitative estimate of drug-likeness (QED) is 0.846. The van der Waals surface area contributed by atoms with Gasteiger partial charge in [-0.2, -0.15) is 0 Å². The molecule has 3 heteroatoms. The van der Waals surface area contributed by atoms with E-state index in [2.05, 4.69) is 18.3 Å². The van der Waals surface area contributed by atoms with Gasteiger partial charge >= 0.3 is 0 Å². The molecule has 1 atom stereocenters. The van der Waals surface area contributed by atoms with Crippen molar-refractivity contribution < 1.29 is 9.13 Å². The SMILES string of the molecule is CC(C)Oc1ccccc1CN[C@H](C)c1ccc(F)cc1. The third-order valence-electron chi connectivity index (χ3n) is 3.30. The minimum absolute atomic E-state index is 0.151. The number of para-hydroxylation sites is 1. The van der Waals surface area contributed by atoms with Crippen molar-refractivity contribution in [3.63, 3.8) is 0 Å². The maximum absolute atomic E-state index is 12.9. The third kappa shape index (κ3) is 4.57. The lowest BCUT2D eigenvalue weighted by Gasteiger charge is -2.17.